The highest BCUT2D eigenvalue weighted by Crippen LogP contribution is 2.09. The zero-order valence-electron chi connectivity index (χ0n) is 9.35. The van der Waals surface area contributed by atoms with Gasteiger partial charge in [0.15, 0.2) is 11.9 Å². The summed E-state index contributed by atoms with van der Waals surface area (Å²) >= 11 is 0. The summed E-state index contributed by atoms with van der Waals surface area (Å²) in [6, 6.07) is -0.563. The highest BCUT2D eigenvalue weighted by molar-refractivity contribution is 5.96. The van der Waals surface area contributed by atoms with E-state index in [2.05, 4.69) is 15.7 Å². The Balaban J connectivity index is 2.48. The second-order valence-electron chi connectivity index (χ2n) is 3.18. The van der Waals surface area contributed by atoms with Crippen molar-refractivity contribution in [3.8, 4) is 5.75 Å². The van der Waals surface area contributed by atoms with Gasteiger partial charge in [-0.25, -0.2) is 4.79 Å². The predicted octanol–water partition coefficient (Wildman–Crippen LogP) is -0.357. The fourth-order valence-electron chi connectivity index (χ4n) is 0.993. The van der Waals surface area contributed by atoms with E-state index in [0.29, 0.717) is 5.75 Å². The number of nitrogens with one attached hydrogen (secondary N) is 2. The minimum atomic E-state index is -0.763. The van der Waals surface area contributed by atoms with E-state index in [1.165, 1.54) is 13.2 Å². The molecule has 0 aromatic carbocycles. The largest absolute Gasteiger partial charge is 0.478 e. The number of carbonyl (C=O) groups excluding carboxylic acids is 2. The lowest BCUT2D eigenvalue weighted by Crippen LogP contribution is -2.43. The highest BCUT2D eigenvalue weighted by atomic mass is 16.5. The van der Waals surface area contributed by atoms with Gasteiger partial charge in [0.25, 0.3) is 5.91 Å². The van der Waals surface area contributed by atoms with Crippen LogP contribution in [0, 0.1) is 0 Å². The lowest BCUT2D eigenvalue weighted by Gasteiger charge is -2.11. The molecule has 7 nitrogen and oxygen atoms in total. The Bertz CT molecular complexity index is 388. The molecule has 0 aliphatic rings. The Morgan fingerprint density at radius 2 is 2.25 bits per heavy atom. The third-order valence-corrected chi connectivity index (χ3v) is 1.83. The normalized spacial score (nSPS) is 11.7. The van der Waals surface area contributed by atoms with Gasteiger partial charge in [-0.15, -0.1) is 0 Å². The first kappa shape index (κ1) is 12.0. The molecule has 1 unspecified atom stereocenters. The molecule has 1 aromatic heterocycles. The molecule has 0 spiro atoms. The van der Waals surface area contributed by atoms with Gasteiger partial charge in [-0.2, -0.15) is 5.10 Å². The molecular formula is C9H14N4O3. The summed E-state index contributed by atoms with van der Waals surface area (Å²) in [6.45, 7) is 1.55. The van der Waals surface area contributed by atoms with Gasteiger partial charge >= 0.3 is 6.03 Å². The molecule has 0 bridgehead atoms. The van der Waals surface area contributed by atoms with Crippen LogP contribution in [0.2, 0.25) is 0 Å². The van der Waals surface area contributed by atoms with Gasteiger partial charge in [0.1, 0.15) is 0 Å². The molecule has 0 aliphatic carbocycles. The maximum absolute atomic E-state index is 11.4. The molecule has 7 heteroatoms. The van der Waals surface area contributed by atoms with Crippen molar-refractivity contribution in [2.75, 3.05) is 7.05 Å². The van der Waals surface area contributed by atoms with E-state index >= 15 is 0 Å². The standard InChI is InChI=1S/C9H14N4O3/c1-6(8(14)12-9(15)10-2)16-7-4-11-13(3)5-7/h4-6H,1-3H3,(H2,10,12,14,15). The first-order valence-electron chi connectivity index (χ1n) is 4.71. The molecule has 1 rings (SSSR count). The number of imide groups is 1. The van der Waals surface area contributed by atoms with E-state index < -0.39 is 18.0 Å². The summed E-state index contributed by atoms with van der Waals surface area (Å²) in [6.07, 6.45) is 2.36. The average Bonchev–Trinajstić information content (AvgIpc) is 2.63. The number of carbonyl (C=O) groups is 2. The van der Waals surface area contributed by atoms with Crippen LogP contribution in [0.1, 0.15) is 6.92 Å². The van der Waals surface area contributed by atoms with Gasteiger partial charge in [-0.05, 0) is 6.92 Å². The zero-order valence-corrected chi connectivity index (χ0v) is 9.35. The quantitative estimate of drug-likeness (QED) is 0.737. The molecule has 3 amide bonds. The Kier molecular flexibility index (Phi) is 3.87. The lowest BCUT2D eigenvalue weighted by molar-refractivity contribution is -0.126. The van der Waals surface area contributed by atoms with Crippen LogP contribution in [0.3, 0.4) is 0 Å². The number of aromatic nitrogens is 2. The van der Waals surface area contributed by atoms with Gasteiger partial charge in [0.2, 0.25) is 0 Å². The first-order chi connectivity index (χ1) is 7.52. The van der Waals surface area contributed by atoms with Crippen LogP contribution < -0.4 is 15.4 Å². The molecule has 1 heterocycles. The van der Waals surface area contributed by atoms with E-state index in [1.54, 1.807) is 24.9 Å². The maximum atomic E-state index is 11.4. The smallest absolute Gasteiger partial charge is 0.321 e. The van der Waals surface area contributed by atoms with Crippen LogP contribution in [0.15, 0.2) is 12.4 Å². The molecule has 0 saturated carbocycles. The molecule has 1 aromatic rings. The van der Waals surface area contributed by atoms with Crippen molar-refractivity contribution in [1.29, 1.82) is 0 Å². The predicted molar refractivity (Wildman–Crippen MR) is 55.9 cm³/mol. The Morgan fingerprint density at radius 3 is 2.75 bits per heavy atom. The fraction of sp³-hybridized carbons (Fsp3) is 0.444. The minimum Gasteiger partial charge on any atom is -0.478 e. The summed E-state index contributed by atoms with van der Waals surface area (Å²) in [7, 11) is 3.16. The molecule has 0 aliphatic heterocycles. The van der Waals surface area contributed by atoms with E-state index in [9.17, 15) is 9.59 Å². The maximum Gasteiger partial charge on any atom is 0.321 e. The number of amides is 3. The third kappa shape index (κ3) is 3.26. The molecule has 1 atom stereocenters. The number of nitrogens with zero attached hydrogens (tertiary/aromatic N) is 2. The monoisotopic (exact) mass is 226 g/mol. The topological polar surface area (TPSA) is 85.2 Å². The van der Waals surface area contributed by atoms with Crippen LogP contribution in [-0.4, -0.2) is 34.9 Å². The Hall–Kier alpha value is -2.05. The summed E-state index contributed by atoms with van der Waals surface area (Å²) in [5.41, 5.74) is 0. The zero-order chi connectivity index (χ0) is 12.1. The summed E-state index contributed by atoms with van der Waals surface area (Å²) in [5.74, 6) is -0.0368. The molecular weight excluding hydrogens is 212 g/mol. The average molecular weight is 226 g/mol. The highest BCUT2D eigenvalue weighted by Gasteiger charge is 2.17. The van der Waals surface area contributed by atoms with Crippen LogP contribution in [0.4, 0.5) is 4.79 Å². The number of aryl methyl sites for hydroxylation is 1. The Labute approximate surface area is 92.8 Å². The van der Waals surface area contributed by atoms with Gasteiger partial charge in [0.05, 0.1) is 12.4 Å². The minimum absolute atomic E-state index is 0.474. The first-order valence-corrected chi connectivity index (χ1v) is 4.71. The number of hydrogen-bond acceptors (Lipinski definition) is 4. The van der Waals surface area contributed by atoms with Gasteiger partial charge in [0, 0.05) is 14.1 Å². The summed E-state index contributed by atoms with van der Waals surface area (Å²) in [5, 5.41) is 8.28. The molecule has 0 radical (unpaired) electrons. The van der Waals surface area contributed by atoms with Crippen molar-refractivity contribution >= 4 is 11.9 Å². The molecule has 2 N–H and O–H groups in total. The van der Waals surface area contributed by atoms with Crippen molar-refractivity contribution < 1.29 is 14.3 Å². The van der Waals surface area contributed by atoms with Crippen LogP contribution in [0.25, 0.3) is 0 Å². The number of ether oxygens (including phenoxy) is 1. The van der Waals surface area contributed by atoms with Crippen molar-refractivity contribution in [1.82, 2.24) is 20.4 Å². The fourth-order valence-corrected chi connectivity index (χ4v) is 0.993. The molecule has 0 fully saturated rings. The van der Waals surface area contributed by atoms with Crippen LogP contribution in [0.5, 0.6) is 5.75 Å². The second-order valence-corrected chi connectivity index (χ2v) is 3.18. The van der Waals surface area contributed by atoms with Gasteiger partial charge in [-0.1, -0.05) is 0 Å². The summed E-state index contributed by atoms with van der Waals surface area (Å²) < 4.78 is 6.82. The third-order valence-electron chi connectivity index (χ3n) is 1.83. The van der Waals surface area contributed by atoms with E-state index in [-0.39, 0.29) is 0 Å². The van der Waals surface area contributed by atoms with E-state index in [4.69, 9.17) is 4.74 Å². The van der Waals surface area contributed by atoms with Crippen LogP contribution in [-0.2, 0) is 11.8 Å². The van der Waals surface area contributed by atoms with Crippen molar-refractivity contribution in [2.45, 2.75) is 13.0 Å². The SMILES string of the molecule is CNC(=O)NC(=O)C(C)Oc1cnn(C)c1. The van der Waals surface area contributed by atoms with Gasteiger partial charge < -0.3 is 10.1 Å². The van der Waals surface area contributed by atoms with E-state index in [0.717, 1.165) is 0 Å². The van der Waals surface area contributed by atoms with Crippen molar-refractivity contribution in [2.24, 2.45) is 7.05 Å². The Morgan fingerprint density at radius 1 is 1.56 bits per heavy atom. The lowest BCUT2D eigenvalue weighted by atomic mass is 10.4. The summed E-state index contributed by atoms with van der Waals surface area (Å²) in [4.78, 5) is 22.3. The number of urea groups is 1. The molecule has 16 heavy (non-hydrogen) atoms. The van der Waals surface area contributed by atoms with Crippen molar-refractivity contribution in [3.63, 3.8) is 0 Å². The number of hydrogen-bond donors (Lipinski definition) is 2. The second kappa shape index (κ2) is 5.15. The molecule has 88 valence electrons. The molecule has 0 saturated heterocycles. The van der Waals surface area contributed by atoms with Gasteiger partial charge in [-0.3, -0.25) is 14.8 Å². The van der Waals surface area contributed by atoms with Crippen molar-refractivity contribution in [3.05, 3.63) is 12.4 Å². The number of rotatable bonds is 3. The van der Waals surface area contributed by atoms with E-state index in [1.807, 2.05) is 0 Å². The van der Waals surface area contributed by atoms with Crippen LogP contribution >= 0.6 is 0 Å².